The van der Waals surface area contributed by atoms with Gasteiger partial charge in [0.15, 0.2) is 11.7 Å². The molecular formula is C19H32IN3O4. The summed E-state index contributed by atoms with van der Waals surface area (Å²) in [4.78, 5) is 4.68. The summed E-state index contributed by atoms with van der Waals surface area (Å²) in [6.07, 6.45) is 8.21. The number of ether oxygens (including phenoxy) is 3. The number of hydrogen-bond acceptors (Lipinski definition) is 5. The van der Waals surface area contributed by atoms with Crippen molar-refractivity contribution in [2.75, 3.05) is 40.0 Å². The molecule has 0 radical (unpaired) electrons. The molecule has 0 bridgehead atoms. The van der Waals surface area contributed by atoms with E-state index in [4.69, 9.17) is 18.6 Å². The van der Waals surface area contributed by atoms with Crippen LogP contribution < -0.4 is 10.6 Å². The van der Waals surface area contributed by atoms with Crippen molar-refractivity contribution < 1.29 is 18.6 Å². The molecule has 1 aliphatic carbocycles. The largest absolute Gasteiger partial charge is 0.469 e. The van der Waals surface area contributed by atoms with Crippen molar-refractivity contribution >= 4 is 29.9 Å². The van der Waals surface area contributed by atoms with E-state index in [-0.39, 0.29) is 35.9 Å². The normalized spacial score (nSPS) is 21.8. The van der Waals surface area contributed by atoms with Crippen LogP contribution in [0.1, 0.15) is 37.9 Å². The third kappa shape index (κ3) is 7.24. The summed E-state index contributed by atoms with van der Waals surface area (Å²) in [5.41, 5.74) is 0. The van der Waals surface area contributed by atoms with Gasteiger partial charge in [0.25, 0.3) is 0 Å². The lowest BCUT2D eigenvalue weighted by atomic mass is 9.94. The van der Waals surface area contributed by atoms with Crippen LogP contribution in [0.4, 0.5) is 0 Å². The third-order valence-corrected chi connectivity index (χ3v) is 4.82. The molecule has 2 N–H and O–H groups in total. The average Bonchev–Trinajstić information content (AvgIpc) is 3.31. The highest BCUT2D eigenvalue weighted by Gasteiger charge is 2.42. The maximum atomic E-state index is 6.20. The highest BCUT2D eigenvalue weighted by Crippen LogP contribution is 2.37. The molecule has 2 fully saturated rings. The first kappa shape index (κ1) is 22.4. The van der Waals surface area contributed by atoms with E-state index < -0.39 is 0 Å². The van der Waals surface area contributed by atoms with Crippen LogP contribution in [0, 0.1) is 0 Å². The van der Waals surface area contributed by atoms with Crippen molar-refractivity contribution in [3.63, 3.8) is 0 Å². The van der Waals surface area contributed by atoms with Crippen LogP contribution in [0.5, 0.6) is 0 Å². The molecular weight excluding hydrogens is 461 g/mol. The van der Waals surface area contributed by atoms with Crippen molar-refractivity contribution in [2.45, 2.75) is 50.4 Å². The first-order chi connectivity index (χ1) is 12.8. The number of hydrogen-bond donors (Lipinski definition) is 2. The Kier molecular flexibility index (Phi) is 9.88. The third-order valence-electron chi connectivity index (χ3n) is 4.82. The second-order valence-electron chi connectivity index (χ2n) is 6.89. The molecule has 1 spiro atoms. The summed E-state index contributed by atoms with van der Waals surface area (Å²) in [7, 11) is 1.69. The molecule has 1 saturated carbocycles. The van der Waals surface area contributed by atoms with Gasteiger partial charge >= 0.3 is 0 Å². The molecule has 1 unspecified atom stereocenters. The van der Waals surface area contributed by atoms with Gasteiger partial charge in [-0.15, -0.1) is 24.0 Å². The molecule has 7 nitrogen and oxygen atoms in total. The van der Waals surface area contributed by atoms with Crippen LogP contribution in [0.25, 0.3) is 0 Å². The second-order valence-corrected chi connectivity index (χ2v) is 6.89. The second kappa shape index (κ2) is 11.9. The number of nitrogens with one attached hydrogen (secondary N) is 2. The molecule has 2 aliphatic rings. The maximum Gasteiger partial charge on any atom is 0.191 e. The van der Waals surface area contributed by atoms with Crippen LogP contribution in [0.2, 0.25) is 0 Å². The van der Waals surface area contributed by atoms with Gasteiger partial charge in [-0.1, -0.05) is 6.42 Å². The van der Waals surface area contributed by atoms with E-state index in [1.54, 1.807) is 13.4 Å². The summed E-state index contributed by atoms with van der Waals surface area (Å²) < 4.78 is 22.7. The highest BCUT2D eigenvalue weighted by molar-refractivity contribution is 14.0. The Labute approximate surface area is 178 Å². The van der Waals surface area contributed by atoms with Crippen molar-refractivity contribution in [3.8, 4) is 0 Å². The fraction of sp³-hybridized carbons (Fsp3) is 0.737. The molecule has 1 aromatic rings. The average molecular weight is 493 g/mol. The fourth-order valence-electron chi connectivity index (χ4n) is 3.46. The summed E-state index contributed by atoms with van der Waals surface area (Å²) in [5, 5.41) is 6.62. The monoisotopic (exact) mass is 493 g/mol. The van der Waals surface area contributed by atoms with Crippen molar-refractivity contribution in [2.24, 2.45) is 4.99 Å². The quantitative estimate of drug-likeness (QED) is 0.251. The lowest BCUT2D eigenvalue weighted by molar-refractivity contribution is -0.186. The Bertz CT molecular complexity index is 547. The number of rotatable bonds is 8. The van der Waals surface area contributed by atoms with E-state index >= 15 is 0 Å². The van der Waals surface area contributed by atoms with Crippen LogP contribution in [0.15, 0.2) is 27.8 Å². The van der Waals surface area contributed by atoms with Crippen molar-refractivity contribution in [1.82, 2.24) is 10.6 Å². The van der Waals surface area contributed by atoms with Gasteiger partial charge in [0, 0.05) is 39.5 Å². The molecule has 27 heavy (non-hydrogen) atoms. The van der Waals surface area contributed by atoms with Gasteiger partial charge in [-0.25, -0.2) is 0 Å². The molecule has 0 aromatic carbocycles. The maximum absolute atomic E-state index is 6.20. The van der Waals surface area contributed by atoms with Crippen LogP contribution in [-0.4, -0.2) is 57.8 Å². The van der Waals surface area contributed by atoms with E-state index in [0.29, 0.717) is 26.3 Å². The molecule has 1 aromatic heterocycles. The molecule has 0 amide bonds. The minimum atomic E-state index is -0.338. The fourth-order valence-corrected chi connectivity index (χ4v) is 3.46. The summed E-state index contributed by atoms with van der Waals surface area (Å²) in [6.45, 7) is 3.30. The molecule has 154 valence electrons. The predicted octanol–water partition coefficient (Wildman–Crippen LogP) is 2.70. The van der Waals surface area contributed by atoms with E-state index in [1.165, 1.54) is 19.3 Å². The van der Waals surface area contributed by atoms with Gasteiger partial charge in [-0.3, -0.25) is 4.99 Å². The van der Waals surface area contributed by atoms with E-state index in [0.717, 1.165) is 37.5 Å². The van der Waals surface area contributed by atoms with Crippen LogP contribution in [-0.2, 0) is 20.6 Å². The smallest absolute Gasteiger partial charge is 0.191 e. The number of furan rings is 1. The minimum Gasteiger partial charge on any atom is -0.469 e. The van der Waals surface area contributed by atoms with Crippen molar-refractivity contribution in [1.29, 1.82) is 0 Å². The van der Waals surface area contributed by atoms with E-state index in [2.05, 4.69) is 15.6 Å². The molecule has 3 rings (SSSR count). The summed E-state index contributed by atoms with van der Waals surface area (Å²) >= 11 is 0. The molecule has 1 aliphatic heterocycles. The lowest BCUT2D eigenvalue weighted by Crippen LogP contribution is -2.40. The van der Waals surface area contributed by atoms with E-state index in [1.807, 2.05) is 12.1 Å². The number of halogens is 1. The topological polar surface area (TPSA) is 77.2 Å². The number of methoxy groups -OCH3 is 1. The Morgan fingerprint density at radius 2 is 2.07 bits per heavy atom. The Morgan fingerprint density at radius 3 is 2.81 bits per heavy atom. The number of aliphatic imine (C=N–C) groups is 1. The SMILES string of the molecule is COCCNC(=NCC1COC2(CCCCC2)O1)NCCc1ccco1.I. The summed E-state index contributed by atoms with van der Waals surface area (Å²) in [6, 6.07) is 3.88. The van der Waals surface area contributed by atoms with Gasteiger partial charge < -0.3 is 29.3 Å². The zero-order valence-corrected chi connectivity index (χ0v) is 18.4. The highest BCUT2D eigenvalue weighted by atomic mass is 127. The number of guanidine groups is 1. The van der Waals surface area contributed by atoms with E-state index in [9.17, 15) is 0 Å². The van der Waals surface area contributed by atoms with Crippen LogP contribution in [0.3, 0.4) is 0 Å². The first-order valence-corrected chi connectivity index (χ1v) is 9.65. The molecule has 1 saturated heterocycles. The zero-order valence-electron chi connectivity index (χ0n) is 16.1. The number of nitrogens with zero attached hydrogens (tertiary/aromatic N) is 1. The predicted molar refractivity (Wildman–Crippen MR) is 115 cm³/mol. The molecule has 1 atom stereocenters. The van der Waals surface area contributed by atoms with Gasteiger partial charge in [0.05, 0.1) is 26.0 Å². The van der Waals surface area contributed by atoms with Gasteiger partial charge in [0.2, 0.25) is 0 Å². The standard InChI is InChI=1S/C19H31N3O4.HI/c1-23-13-11-21-18(20-10-7-16-6-5-12-24-16)22-14-17-15-25-19(26-17)8-3-2-4-9-19;/h5-6,12,17H,2-4,7-11,13-15H2,1H3,(H2,20,21,22);1H. The lowest BCUT2D eigenvalue weighted by Gasteiger charge is -2.31. The van der Waals surface area contributed by atoms with Gasteiger partial charge in [-0.2, -0.15) is 0 Å². The van der Waals surface area contributed by atoms with Gasteiger partial charge in [-0.05, 0) is 25.0 Å². The summed E-state index contributed by atoms with van der Waals surface area (Å²) in [5.74, 6) is 1.39. The Hall–Kier alpha value is -0.840. The Balaban J connectivity index is 0.00000261. The first-order valence-electron chi connectivity index (χ1n) is 9.65. The molecule has 8 heteroatoms. The molecule has 2 heterocycles. The van der Waals surface area contributed by atoms with Gasteiger partial charge in [0.1, 0.15) is 11.9 Å². The zero-order chi connectivity index (χ0) is 18.1. The van der Waals surface area contributed by atoms with Crippen LogP contribution >= 0.6 is 24.0 Å². The van der Waals surface area contributed by atoms with Crippen molar-refractivity contribution in [3.05, 3.63) is 24.2 Å². The Morgan fingerprint density at radius 1 is 1.26 bits per heavy atom. The minimum absolute atomic E-state index is 0.